The van der Waals surface area contributed by atoms with Crippen LogP contribution in [0.15, 0.2) is 0 Å². The standard InChI is InChI=1S/C14H28N2O2/c1-11(2)7-12(3)15(4)14(18)9-16-6-5-13(8-16)10-17/h11-13,17H,5-10H2,1-4H3. The van der Waals surface area contributed by atoms with Crippen molar-refractivity contribution in [3.8, 4) is 0 Å². The van der Waals surface area contributed by atoms with Gasteiger partial charge in [0.25, 0.3) is 0 Å². The van der Waals surface area contributed by atoms with Crippen molar-refractivity contribution >= 4 is 5.91 Å². The third kappa shape index (κ3) is 4.58. The molecule has 1 rings (SSSR count). The van der Waals surface area contributed by atoms with Crippen molar-refractivity contribution in [3.63, 3.8) is 0 Å². The van der Waals surface area contributed by atoms with Gasteiger partial charge in [0.05, 0.1) is 6.54 Å². The number of hydrogen-bond acceptors (Lipinski definition) is 3. The summed E-state index contributed by atoms with van der Waals surface area (Å²) in [5, 5.41) is 9.09. The Morgan fingerprint density at radius 3 is 2.61 bits per heavy atom. The Bertz CT molecular complexity index is 269. The number of carbonyl (C=O) groups excluding carboxylic acids is 1. The van der Waals surface area contributed by atoms with E-state index in [-0.39, 0.29) is 12.5 Å². The topological polar surface area (TPSA) is 43.8 Å². The van der Waals surface area contributed by atoms with Crippen molar-refractivity contribution in [1.82, 2.24) is 9.80 Å². The molecule has 0 radical (unpaired) electrons. The lowest BCUT2D eigenvalue weighted by Gasteiger charge is -2.28. The molecule has 0 bridgehead atoms. The van der Waals surface area contributed by atoms with Gasteiger partial charge < -0.3 is 10.0 Å². The quantitative estimate of drug-likeness (QED) is 0.776. The zero-order valence-electron chi connectivity index (χ0n) is 12.2. The molecule has 0 spiro atoms. The SMILES string of the molecule is CC(C)CC(C)N(C)C(=O)CN1CCC(CO)C1. The molecule has 1 aliphatic heterocycles. The fraction of sp³-hybridized carbons (Fsp3) is 0.929. The van der Waals surface area contributed by atoms with Gasteiger partial charge in [0.15, 0.2) is 0 Å². The predicted octanol–water partition coefficient (Wildman–Crippen LogP) is 1.19. The van der Waals surface area contributed by atoms with Crippen molar-refractivity contribution in [3.05, 3.63) is 0 Å². The molecular weight excluding hydrogens is 228 g/mol. The number of amides is 1. The summed E-state index contributed by atoms with van der Waals surface area (Å²) in [5.41, 5.74) is 0. The molecule has 0 aromatic carbocycles. The maximum Gasteiger partial charge on any atom is 0.236 e. The summed E-state index contributed by atoms with van der Waals surface area (Å²) in [6, 6.07) is 0.300. The molecule has 4 heteroatoms. The average Bonchev–Trinajstić information content (AvgIpc) is 2.74. The summed E-state index contributed by atoms with van der Waals surface area (Å²) in [5.74, 6) is 1.17. The molecule has 1 fully saturated rings. The van der Waals surface area contributed by atoms with Crippen molar-refractivity contribution in [1.29, 1.82) is 0 Å². The molecule has 106 valence electrons. The molecule has 1 heterocycles. The minimum atomic E-state index is 0.196. The van der Waals surface area contributed by atoms with E-state index in [9.17, 15) is 4.79 Å². The summed E-state index contributed by atoms with van der Waals surface area (Å²) in [4.78, 5) is 16.2. The molecule has 4 nitrogen and oxygen atoms in total. The van der Waals surface area contributed by atoms with Crippen LogP contribution in [0, 0.1) is 11.8 Å². The van der Waals surface area contributed by atoms with Gasteiger partial charge in [-0.1, -0.05) is 13.8 Å². The normalized spacial score (nSPS) is 22.4. The van der Waals surface area contributed by atoms with Gasteiger partial charge in [0.1, 0.15) is 0 Å². The van der Waals surface area contributed by atoms with Crippen LogP contribution < -0.4 is 0 Å². The summed E-state index contributed by atoms with van der Waals surface area (Å²) >= 11 is 0. The Hall–Kier alpha value is -0.610. The minimum Gasteiger partial charge on any atom is -0.396 e. The number of rotatable bonds is 6. The first-order valence-electron chi connectivity index (χ1n) is 7.02. The Labute approximate surface area is 111 Å². The lowest BCUT2D eigenvalue weighted by Crippen LogP contribution is -2.42. The van der Waals surface area contributed by atoms with Crippen molar-refractivity contribution in [2.24, 2.45) is 11.8 Å². The zero-order valence-corrected chi connectivity index (χ0v) is 12.2. The number of likely N-dealkylation sites (N-methyl/N-ethyl adjacent to an activating group) is 1. The molecule has 0 aliphatic carbocycles. The number of nitrogens with zero attached hydrogens (tertiary/aromatic N) is 2. The van der Waals surface area contributed by atoms with Crippen molar-refractivity contribution < 1.29 is 9.90 Å². The van der Waals surface area contributed by atoms with Gasteiger partial charge >= 0.3 is 0 Å². The Kier molecular flexibility index (Phi) is 6.09. The second kappa shape index (κ2) is 7.10. The molecule has 18 heavy (non-hydrogen) atoms. The van der Waals surface area contributed by atoms with Gasteiger partial charge in [0, 0.05) is 26.2 Å². The van der Waals surface area contributed by atoms with Crippen LogP contribution >= 0.6 is 0 Å². The summed E-state index contributed by atoms with van der Waals surface area (Å²) in [7, 11) is 1.90. The van der Waals surface area contributed by atoms with Gasteiger partial charge in [-0.2, -0.15) is 0 Å². The third-order valence-electron chi connectivity index (χ3n) is 3.85. The lowest BCUT2D eigenvalue weighted by atomic mass is 10.0. The largest absolute Gasteiger partial charge is 0.396 e. The van der Waals surface area contributed by atoms with E-state index in [1.165, 1.54) is 0 Å². The number of hydrogen-bond donors (Lipinski definition) is 1. The first kappa shape index (κ1) is 15.4. The van der Waals surface area contributed by atoms with Gasteiger partial charge in [-0.15, -0.1) is 0 Å². The summed E-state index contributed by atoms with van der Waals surface area (Å²) in [6.07, 6.45) is 2.05. The van der Waals surface area contributed by atoms with E-state index < -0.39 is 0 Å². The van der Waals surface area contributed by atoms with Crippen LogP contribution in [0.3, 0.4) is 0 Å². The molecule has 1 amide bonds. The highest BCUT2D eigenvalue weighted by atomic mass is 16.3. The molecule has 0 saturated carbocycles. The second-order valence-corrected chi connectivity index (χ2v) is 6.06. The fourth-order valence-corrected chi connectivity index (χ4v) is 2.59. The van der Waals surface area contributed by atoms with Crippen molar-refractivity contribution in [2.45, 2.75) is 39.7 Å². The van der Waals surface area contributed by atoms with E-state index in [2.05, 4.69) is 25.7 Å². The number of likely N-dealkylation sites (tertiary alicyclic amines) is 1. The Balaban J connectivity index is 2.36. The van der Waals surface area contributed by atoms with E-state index >= 15 is 0 Å². The summed E-state index contributed by atoms with van der Waals surface area (Å²) < 4.78 is 0. The van der Waals surface area contributed by atoms with E-state index in [0.29, 0.717) is 24.4 Å². The smallest absolute Gasteiger partial charge is 0.236 e. The van der Waals surface area contributed by atoms with Gasteiger partial charge in [-0.05, 0) is 38.1 Å². The highest BCUT2D eigenvalue weighted by Gasteiger charge is 2.25. The van der Waals surface area contributed by atoms with Crippen LogP contribution in [-0.4, -0.2) is 60.1 Å². The fourth-order valence-electron chi connectivity index (χ4n) is 2.59. The van der Waals surface area contributed by atoms with Crippen LogP contribution in [0.4, 0.5) is 0 Å². The second-order valence-electron chi connectivity index (χ2n) is 6.06. The molecule has 1 N–H and O–H groups in total. The van der Waals surface area contributed by atoms with E-state index in [1.54, 1.807) is 0 Å². The van der Waals surface area contributed by atoms with Crippen molar-refractivity contribution in [2.75, 3.05) is 33.3 Å². The zero-order chi connectivity index (χ0) is 13.7. The van der Waals surface area contributed by atoms with Crippen LogP contribution in [0.5, 0.6) is 0 Å². The van der Waals surface area contributed by atoms with E-state index in [4.69, 9.17) is 5.11 Å². The molecule has 2 unspecified atom stereocenters. The maximum absolute atomic E-state index is 12.1. The van der Waals surface area contributed by atoms with Crippen LogP contribution in [-0.2, 0) is 4.79 Å². The summed E-state index contributed by atoms with van der Waals surface area (Å²) in [6.45, 7) is 9.00. The van der Waals surface area contributed by atoms with Crippen LogP contribution in [0.1, 0.15) is 33.6 Å². The van der Waals surface area contributed by atoms with E-state index in [1.807, 2.05) is 11.9 Å². The van der Waals surface area contributed by atoms with Crippen LogP contribution in [0.25, 0.3) is 0 Å². The molecule has 2 atom stereocenters. The molecular formula is C14H28N2O2. The highest BCUT2D eigenvalue weighted by molar-refractivity contribution is 5.78. The lowest BCUT2D eigenvalue weighted by molar-refractivity contribution is -0.132. The first-order chi connectivity index (χ1) is 8.43. The molecule has 0 aromatic heterocycles. The maximum atomic E-state index is 12.1. The first-order valence-corrected chi connectivity index (χ1v) is 7.02. The molecule has 1 saturated heterocycles. The average molecular weight is 256 g/mol. The van der Waals surface area contributed by atoms with Gasteiger partial charge in [-0.25, -0.2) is 0 Å². The molecule has 1 aliphatic rings. The van der Waals surface area contributed by atoms with E-state index in [0.717, 1.165) is 25.9 Å². The highest BCUT2D eigenvalue weighted by Crippen LogP contribution is 2.16. The Morgan fingerprint density at radius 2 is 2.11 bits per heavy atom. The van der Waals surface area contributed by atoms with Gasteiger partial charge in [-0.3, -0.25) is 9.69 Å². The van der Waals surface area contributed by atoms with Gasteiger partial charge in [0.2, 0.25) is 5.91 Å². The van der Waals surface area contributed by atoms with Crippen LogP contribution in [0.2, 0.25) is 0 Å². The number of aliphatic hydroxyl groups excluding tert-OH is 1. The third-order valence-corrected chi connectivity index (χ3v) is 3.85. The molecule has 0 aromatic rings. The predicted molar refractivity (Wildman–Crippen MR) is 73.3 cm³/mol. The Morgan fingerprint density at radius 1 is 1.44 bits per heavy atom. The monoisotopic (exact) mass is 256 g/mol. The number of carbonyl (C=O) groups is 1. The number of aliphatic hydroxyl groups is 1. The minimum absolute atomic E-state index is 0.196.